The maximum absolute atomic E-state index is 12.7. The summed E-state index contributed by atoms with van der Waals surface area (Å²) < 4.78 is 11.1. The maximum atomic E-state index is 12.7. The third-order valence-electron chi connectivity index (χ3n) is 5.01. The molecule has 132 valence electrons. The Labute approximate surface area is 146 Å². The van der Waals surface area contributed by atoms with Crippen molar-refractivity contribution in [2.75, 3.05) is 13.2 Å². The number of hydrogen-bond acceptors (Lipinski definition) is 6. The first kappa shape index (κ1) is 16.2. The van der Waals surface area contributed by atoms with Crippen LogP contribution in [-0.4, -0.2) is 51.2 Å². The van der Waals surface area contributed by atoms with E-state index in [1.54, 1.807) is 12.4 Å². The van der Waals surface area contributed by atoms with Crippen molar-refractivity contribution < 1.29 is 14.1 Å². The molecule has 2 aliphatic rings. The standard InChI is InChI=1S/C18H22N4O3/c23-17(22-11-12-24-15-4-2-1-3-14(15)22)6-5-16-20-18(21-25-16)13-7-9-19-10-8-13/h7-10,14-15H,1-6,11-12H2/t14-,15-/m0/s1. The number of ether oxygens (including phenoxy) is 1. The lowest BCUT2D eigenvalue weighted by atomic mass is 9.90. The number of carbonyl (C=O) groups is 1. The van der Waals surface area contributed by atoms with Gasteiger partial charge >= 0.3 is 0 Å². The fourth-order valence-electron chi connectivity index (χ4n) is 3.74. The van der Waals surface area contributed by atoms with Crippen molar-refractivity contribution >= 4 is 5.91 Å². The van der Waals surface area contributed by atoms with Crippen LogP contribution in [0.3, 0.4) is 0 Å². The van der Waals surface area contributed by atoms with E-state index >= 15 is 0 Å². The third kappa shape index (κ3) is 3.56. The maximum Gasteiger partial charge on any atom is 0.227 e. The highest BCUT2D eigenvalue weighted by Gasteiger charge is 2.36. The molecular weight excluding hydrogens is 320 g/mol. The van der Waals surface area contributed by atoms with Gasteiger partial charge in [-0.05, 0) is 25.0 Å². The molecular formula is C18H22N4O3. The molecule has 0 aromatic carbocycles. The molecule has 1 amide bonds. The second-order valence-corrected chi connectivity index (χ2v) is 6.60. The number of pyridine rings is 1. The predicted molar refractivity (Wildman–Crippen MR) is 89.6 cm³/mol. The Balaban J connectivity index is 1.36. The zero-order chi connectivity index (χ0) is 17.1. The van der Waals surface area contributed by atoms with Gasteiger partial charge in [0.25, 0.3) is 0 Å². The van der Waals surface area contributed by atoms with Crippen LogP contribution in [0.4, 0.5) is 0 Å². The summed E-state index contributed by atoms with van der Waals surface area (Å²) in [4.78, 5) is 23.0. The van der Waals surface area contributed by atoms with Crippen molar-refractivity contribution in [3.63, 3.8) is 0 Å². The van der Waals surface area contributed by atoms with E-state index in [1.807, 2.05) is 17.0 Å². The third-order valence-corrected chi connectivity index (χ3v) is 5.01. The van der Waals surface area contributed by atoms with Crippen LogP contribution in [0.2, 0.25) is 0 Å². The van der Waals surface area contributed by atoms with Crippen molar-refractivity contribution in [3.8, 4) is 11.4 Å². The number of nitrogens with zero attached hydrogens (tertiary/aromatic N) is 4. The molecule has 3 heterocycles. The van der Waals surface area contributed by atoms with E-state index in [0.717, 1.165) is 18.4 Å². The summed E-state index contributed by atoms with van der Waals surface area (Å²) in [5.41, 5.74) is 0.856. The van der Waals surface area contributed by atoms with Crippen LogP contribution >= 0.6 is 0 Å². The summed E-state index contributed by atoms with van der Waals surface area (Å²) in [7, 11) is 0. The zero-order valence-corrected chi connectivity index (χ0v) is 14.1. The number of fused-ring (bicyclic) bond motifs is 1. The Morgan fingerprint density at radius 1 is 1.24 bits per heavy atom. The van der Waals surface area contributed by atoms with Crippen LogP contribution in [0.1, 0.15) is 38.0 Å². The molecule has 0 bridgehead atoms. The van der Waals surface area contributed by atoms with Gasteiger partial charge in [0.15, 0.2) is 0 Å². The molecule has 1 aliphatic heterocycles. The number of aromatic nitrogens is 3. The molecule has 2 aromatic rings. The van der Waals surface area contributed by atoms with Gasteiger partial charge in [0, 0.05) is 37.3 Å². The average Bonchev–Trinajstić information content (AvgIpc) is 3.15. The van der Waals surface area contributed by atoms with Crippen molar-refractivity contribution in [1.29, 1.82) is 0 Å². The molecule has 7 nitrogen and oxygen atoms in total. The average molecular weight is 342 g/mol. The molecule has 2 atom stereocenters. The van der Waals surface area contributed by atoms with Gasteiger partial charge in [-0.1, -0.05) is 18.0 Å². The highest BCUT2D eigenvalue weighted by Crippen LogP contribution is 2.29. The number of hydrogen-bond donors (Lipinski definition) is 0. The van der Waals surface area contributed by atoms with E-state index in [2.05, 4.69) is 15.1 Å². The minimum atomic E-state index is 0.156. The van der Waals surface area contributed by atoms with E-state index in [-0.39, 0.29) is 18.1 Å². The Kier molecular flexibility index (Phi) is 4.74. The number of carbonyl (C=O) groups excluding carboxylic acids is 1. The molecule has 0 unspecified atom stereocenters. The highest BCUT2D eigenvalue weighted by molar-refractivity contribution is 5.77. The molecule has 0 N–H and O–H groups in total. The number of amides is 1. The lowest BCUT2D eigenvalue weighted by Crippen LogP contribution is -2.54. The SMILES string of the molecule is O=C(CCc1nc(-c2ccncc2)no1)N1CCO[C@H]2CCCC[C@@H]21. The highest BCUT2D eigenvalue weighted by atomic mass is 16.5. The molecule has 2 aromatic heterocycles. The monoisotopic (exact) mass is 342 g/mol. The molecule has 2 fully saturated rings. The lowest BCUT2D eigenvalue weighted by Gasteiger charge is -2.43. The molecule has 1 saturated carbocycles. The van der Waals surface area contributed by atoms with Crippen LogP contribution in [0, 0.1) is 0 Å². The zero-order valence-electron chi connectivity index (χ0n) is 14.1. The van der Waals surface area contributed by atoms with Crippen molar-refractivity contribution in [3.05, 3.63) is 30.4 Å². The summed E-state index contributed by atoms with van der Waals surface area (Å²) >= 11 is 0. The summed E-state index contributed by atoms with van der Waals surface area (Å²) in [6.07, 6.45) is 8.93. The van der Waals surface area contributed by atoms with E-state index in [9.17, 15) is 4.79 Å². The van der Waals surface area contributed by atoms with E-state index in [1.165, 1.54) is 12.8 Å². The van der Waals surface area contributed by atoms with Crippen LogP contribution in [0.25, 0.3) is 11.4 Å². The smallest absolute Gasteiger partial charge is 0.227 e. The van der Waals surface area contributed by atoms with Crippen LogP contribution in [-0.2, 0) is 16.0 Å². The molecule has 1 saturated heterocycles. The van der Waals surface area contributed by atoms with Crippen molar-refractivity contribution in [2.24, 2.45) is 0 Å². The summed E-state index contributed by atoms with van der Waals surface area (Å²) in [5, 5.41) is 3.98. The van der Waals surface area contributed by atoms with Crippen LogP contribution in [0.5, 0.6) is 0 Å². The quantitative estimate of drug-likeness (QED) is 0.847. The van der Waals surface area contributed by atoms with Gasteiger partial charge in [0.2, 0.25) is 17.6 Å². The van der Waals surface area contributed by atoms with Crippen LogP contribution in [0.15, 0.2) is 29.0 Å². The second-order valence-electron chi connectivity index (χ2n) is 6.60. The van der Waals surface area contributed by atoms with E-state index in [0.29, 0.717) is 37.7 Å². The Bertz CT molecular complexity index is 716. The topological polar surface area (TPSA) is 81.3 Å². The first-order chi connectivity index (χ1) is 12.3. The minimum Gasteiger partial charge on any atom is -0.374 e. The molecule has 1 aliphatic carbocycles. The van der Waals surface area contributed by atoms with Crippen molar-refractivity contribution in [1.82, 2.24) is 20.0 Å². The van der Waals surface area contributed by atoms with Gasteiger partial charge in [-0.2, -0.15) is 4.98 Å². The Hall–Kier alpha value is -2.28. The first-order valence-electron chi connectivity index (χ1n) is 8.95. The first-order valence-corrected chi connectivity index (χ1v) is 8.95. The predicted octanol–water partition coefficient (Wildman–Crippen LogP) is 2.23. The van der Waals surface area contributed by atoms with E-state index in [4.69, 9.17) is 9.26 Å². The fourth-order valence-corrected chi connectivity index (χ4v) is 3.74. The van der Waals surface area contributed by atoms with Gasteiger partial charge < -0.3 is 14.2 Å². The lowest BCUT2D eigenvalue weighted by molar-refractivity contribution is -0.149. The van der Waals surface area contributed by atoms with Crippen LogP contribution < -0.4 is 0 Å². The molecule has 25 heavy (non-hydrogen) atoms. The number of morpholine rings is 1. The normalized spacial score (nSPS) is 23.3. The van der Waals surface area contributed by atoms with E-state index < -0.39 is 0 Å². The summed E-state index contributed by atoms with van der Waals surface area (Å²) in [6.45, 7) is 1.33. The number of rotatable bonds is 4. The van der Waals surface area contributed by atoms with Gasteiger partial charge in [-0.25, -0.2) is 0 Å². The van der Waals surface area contributed by atoms with Gasteiger partial charge in [-0.3, -0.25) is 9.78 Å². The molecule has 7 heteroatoms. The Morgan fingerprint density at radius 2 is 2.08 bits per heavy atom. The molecule has 4 rings (SSSR count). The Morgan fingerprint density at radius 3 is 2.96 bits per heavy atom. The van der Waals surface area contributed by atoms with Gasteiger partial charge in [0.1, 0.15) is 0 Å². The minimum absolute atomic E-state index is 0.156. The molecule has 0 radical (unpaired) electrons. The summed E-state index contributed by atoms with van der Waals surface area (Å²) in [6, 6.07) is 3.90. The fraction of sp³-hybridized carbons (Fsp3) is 0.556. The number of aryl methyl sites for hydroxylation is 1. The van der Waals surface area contributed by atoms with Gasteiger partial charge in [-0.15, -0.1) is 0 Å². The van der Waals surface area contributed by atoms with Crippen molar-refractivity contribution in [2.45, 2.75) is 50.7 Å². The second kappa shape index (κ2) is 7.31. The summed E-state index contributed by atoms with van der Waals surface area (Å²) in [5.74, 6) is 1.18. The largest absolute Gasteiger partial charge is 0.374 e. The molecule has 0 spiro atoms. The van der Waals surface area contributed by atoms with Gasteiger partial charge in [0.05, 0.1) is 18.8 Å².